The van der Waals surface area contributed by atoms with E-state index in [0.717, 1.165) is 21.6 Å². The van der Waals surface area contributed by atoms with Gasteiger partial charge in [0, 0.05) is 10.9 Å². The van der Waals surface area contributed by atoms with Crippen LogP contribution in [0.3, 0.4) is 0 Å². The molecule has 3 aromatic heterocycles. The molecule has 0 unspecified atom stereocenters. The molecule has 142 valence electrons. The Morgan fingerprint density at radius 3 is 2.59 bits per heavy atom. The molecule has 0 atom stereocenters. The summed E-state index contributed by atoms with van der Waals surface area (Å²) < 4.78 is 1.67. The zero-order valence-corrected chi connectivity index (χ0v) is 16.7. The highest BCUT2D eigenvalue weighted by Gasteiger charge is 2.14. The summed E-state index contributed by atoms with van der Waals surface area (Å²) in [5.41, 5.74) is 2.66. The fourth-order valence-electron chi connectivity index (χ4n) is 3.03. The number of thiophene rings is 1. The van der Waals surface area contributed by atoms with Gasteiger partial charge in [0.2, 0.25) is 5.16 Å². The van der Waals surface area contributed by atoms with Gasteiger partial charge in [-0.2, -0.15) is 4.68 Å². The van der Waals surface area contributed by atoms with E-state index in [2.05, 4.69) is 25.5 Å². The van der Waals surface area contributed by atoms with Crippen molar-refractivity contribution in [2.75, 3.05) is 0 Å². The standard InChI is InChI=1S/C20H14N6OS2/c27-18-17-15(13-7-3-1-4-8-13)11-28-19(17)22-16(21-18)12-29-20-23-24-25-26(20)14-9-5-2-6-10-14/h1-11H,12H2,(H,21,22,27). The first-order chi connectivity index (χ1) is 14.3. The number of benzene rings is 2. The second kappa shape index (κ2) is 7.61. The van der Waals surface area contributed by atoms with Crippen LogP contribution >= 0.6 is 23.1 Å². The van der Waals surface area contributed by atoms with E-state index in [1.54, 1.807) is 4.68 Å². The summed E-state index contributed by atoms with van der Waals surface area (Å²) >= 11 is 2.90. The minimum absolute atomic E-state index is 0.131. The fourth-order valence-corrected chi connectivity index (χ4v) is 4.75. The van der Waals surface area contributed by atoms with Crippen LogP contribution in [0.2, 0.25) is 0 Å². The monoisotopic (exact) mass is 418 g/mol. The van der Waals surface area contributed by atoms with Gasteiger partial charge in [-0.3, -0.25) is 4.79 Å². The van der Waals surface area contributed by atoms with E-state index in [-0.39, 0.29) is 5.56 Å². The summed E-state index contributed by atoms with van der Waals surface area (Å²) in [6, 6.07) is 19.5. The molecule has 29 heavy (non-hydrogen) atoms. The smallest absolute Gasteiger partial charge is 0.260 e. The Hall–Kier alpha value is -3.30. The highest BCUT2D eigenvalue weighted by molar-refractivity contribution is 7.98. The van der Waals surface area contributed by atoms with E-state index >= 15 is 0 Å². The lowest BCUT2D eigenvalue weighted by Gasteiger charge is -2.04. The van der Waals surface area contributed by atoms with Crippen LogP contribution in [0.4, 0.5) is 0 Å². The second-order valence-electron chi connectivity index (χ2n) is 6.21. The van der Waals surface area contributed by atoms with Crippen LogP contribution in [-0.4, -0.2) is 30.2 Å². The summed E-state index contributed by atoms with van der Waals surface area (Å²) in [5, 5.41) is 15.1. The number of aromatic nitrogens is 6. The van der Waals surface area contributed by atoms with Gasteiger partial charge in [-0.05, 0) is 28.1 Å². The second-order valence-corrected chi connectivity index (χ2v) is 8.01. The Labute approximate surface area is 173 Å². The van der Waals surface area contributed by atoms with Gasteiger partial charge in [-0.1, -0.05) is 60.3 Å². The fraction of sp³-hybridized carbons (Fsp3) is 0.0500. The Bertz CT molecular complexity index is 1330. The molecule has 9 heteroatoms. The molecule has 3 heterocycles. The van der Waals surface area contributed by atoms with E-state index in [1.807, 2.05) is 66.0 Å². The third-order valence-electron chi connectivity index (χ3n) is 4.36. The topological polar surface area (TPSA) is 89.4 Å². The number of hydrogen-bond donors (Lipinski definition) is 1. The predicted octanol–water partition coefficient (Wildman–Crippen LogP) is 3.92. The number of para-hydroxylation sites is 1. The molecule has 5 rings (SSSR count). The molecule has 5 aromatic rings. The van der Waals surface area contributed by atoms with Crippen molar-refractivity contribution in [1.82, 2.24) is 30.2 Å². The molecule has 2 aromatic carbocycles. The summed E-state index contributed by atoms with van der Waals surface area (Å²) in [7, 11) is 0. The summed E-state index contributed by atoms with van der Waals surface area (Å²) in [4.78, 5) is 21.0. The van der Waals surface area contributed by atoms with Gasteiger partial charge >= 0.3 is 0 Å². The van der Waals surface area contributed by atoms with Crippen molar-refractivity contribution in [2.24, 2.45) is 0 Å². The highest BCUT2D eigenvalue weighted by atomic mass is 32.2. The van der Waals surface area contributed by atoms with Crippen LogP contribution in [0, 0.1) is 0 Å². The first-order valence-electron chi connectivity index (χ1n) is 8.82. The van der Waals surface area contributed by atoms with Gasteiger partial charge in [0.1, 0.15) is 10.7 Å². The number of thioether (sulfide) groups is 1. The van der Waals surface area contributed by atoms with Gasteiger partial charge in [0.15, 0.2) is 0 Å². The van der Waals surface area contributed by atoms with E-state index in [9.17, 15) is 4.79 Å². The number of rotatable bonds is 5. The molecule has 0 aliphatic heterocycles. The van der Waals surface area contributed by atoms with Crippen molar-refractivity contribution < 1.29 is 0 Å². The van der Waals surface area contributed by atoms with Crippen molar-refractivity contribution >= 4 is 33.3 Å². The molecular formula is C20H14N6OS2. The Morgan fingerprint density at radius 1 is 1.03 bits per heavy atom. The molecule has 1 N–H and O–H groups in total. The number of tetrazole rings is 1. The van der Waals surface area contributed by atoms with E-state index in [0.29, 0.717) is 22.1 Å². The molecule has 0 aliphatic carbocycles. The zero-order valence-electron chi connectivity index (χ0n) is 15.0. The zero-order chi connectivity index (χ0) is 19.6. The first kappa shape index (κ1) is 17.8. The SMILES string of the molecule is O=c1[nH]c(CSc2nnnn2-c2ccccc2)nc2scc(-c3ccccc3)c12. The quantitative estimate of drug-likeness (QED) is 0.435. The largest absolute Gasteiger partial charge is 0.309 e. The summed E-state index contributed by atoms with van der Waals surface area (Å²) in [6.45, 7) is 0. The maximum absolute atomic E-state index is 12.8. The number of fused-ring (bicyclic) bond motifs is 1. The maximum Gasteiger partial charge on any atom is 0.260 e. The minimum atomic E-state index is -0.131. The lowest BCUT2D eigenvalue weighted by atomic mass is 10.1. The van der Waals surface area contributed by atoms with Crippen molar-refractivity contribution in [3.63, 3.8) is 0 Å². The van der Waals surface area contributed by atoms with Crippen molar-refractivity contribution in [2.45, 2.75) is 10.9 Å². The third kappa shape index (κ3) is 3.45. The number of nitrogens with one attached hydrogen (secondary N) is 1. The van der Waals surface area contributed by atoms with Crippen LogP contribution in [0.25, 0.3) is 27.0 Å². The van der Waals surface area contributed by atoms with Crippen molar-refractivity contribution in [3.05, 3.63) is 82.2 Å². The number of H-pyrrole nitrogens is 1. The van der Waals surface area contributed by atoms with Gasteiger partial charge in [-0.15, -0.1) is 16.4 Å². The van der Waals surface area contributed by atoms with Gasteiger partial charge in [0.25, 0.3) is 5.56 Å². The number of nitrogens with zero attached hydrogens (tertiary/aromatic N) is 5. The molecule has 7 nitrogen and oxygen atoms in total. The number of aromatic amines is 1. The molecule has 0 radical (unpaired) electrons. The van der Waals surface area contributed by atoms with Crippen LogP contribution < -0.4 is 5.56 Å². The van der Waals surface area contributed by atoms with E-state index < -0.39 is 0 Å². The Kier molecular flexibility index (Phi) is 4.66. The Balaban J connectivity index is 1.43. The van der Waals surface area contributed by atoms with E-state index in [4.69, 9.17) is 0 Å². The lowest BCUT2D eigenvalue weighted by Crippen LogP contribution is -2.11. The van der Waals surface area contributed by atoms with Crippen LogP contribution in [-0.2, 0) is 5.75 Å². The molecule has 0 amide bonds. The summed E-state index contributed by atoms with van der Waals surface area (Å²) in [6.07, 6.45) is 0. The van der Waals surface area contributed by atoms with Crippen molar-refractivity contribution in [1.29, 1.82) is 0 Å². The Morgan fingerprint density at radius 2 is 1.79 bits per heavy atom. The molecule has 0 aliphatic rings. The molecule has 0 fully saturated rings. The average molecular weight is 419 g/mol. The molecular weight excluding hydrogens is 404 g/mol. The molecule has 0 bridgehead atoms. The van der Waals surface area contributed by atoms with Crippen LogP contribution in [0.15, 0.2) is 76.0 Å². The average Bonchev–Trinajstić information content (AvgIpc) is 3.41. The maximum atomic E-state index is 12.8. The molecule has 0 saturated heterocycles. The first-order valence-corrected chi connectivity index (χ1v) is 10.7. The molecule has 0 saturated carbocycles. The van der Waals surface area contributed by atoms with Gasteiger partial charge in [-0.25, -0.2) is 4.98 Å². The lowest BCUT2D eigenvalue weighted by molar-refractivity contribution is 0.756. The summed E-state index contributed by atoms with van der Waals surface area (Å²) in [5.74, 6) is 1.05. The third-order valence-corrected chi connectivity index (χ3v) is 6.16. The van der Waals surface area contributed by atoms with Gasteiger partial charge < -0.3 is 4.98 Å². The highest BCUT2D eigenvalue weighted by Crippen LogP contribution is 2.31. The predicted molar refractivity (Wildman–Crippen MR) is 114 cm³/mol. The van der Waals surface area contributed by atoms with Crippen LogP contribution in [0.5, 0.6) is 0 Å². The normalized spacial score (nSPS) is 11.2. The number of hydrogen-bond acceptors (Lipinski definition) is 7. The van der Waals surface area contributed by atoms with E-state index in [1.165, 1.54) is 23.1 Å². The van der Waals surface area contributed by atoms with Crippen molar-refractivity contribution in [3.8, 4) is 16.8 Å². The molecule has 0 spiro atoms. The minimum Gasteiger partial charge on any atom is -0.309 e. The van der Waals surface area contributed by atoms with Crippen LogP contribution in [0.1, 0.15) is 5.82 Å². The van der Waals surface area contributed by atoms with Gasteiger partial charge in [0.05, 0.1) is 16.8 Å².